The van der Waals surface area contributed by atoms with Crippen molar-refractivity contribution in [1.29, 1.82) is 0 Å². The minimum absolute atomic E-state index is 0.108. The third-order valence-corrected chi connectivity index (χ3v) is 3.31. The fraction of sp³-hybridized carbons (Fsp3) is 0.900. The van der Waals surface area contributed by atoms with Gasteiger partial charge in [0.25, 0.3) is 0 Å². The summed E-state index contributed by atoms with van der Waals surface area (Å²) in [6.07, 6.45) is 0.222. The molecule has 2 aliphatic rings. The Morgan fingerprint density at radius 3 is 2.79 bits per heavy atom. The van der Waals surface area contributed by atoms with Crippen LogP contribution in [0.1, 0.15) is 13.8 Å². The van der Waals surface area contributed by atoms with Crippen molar-refractivity contribution in [2.75, 3.05) is 26.7 Å². The van der Waals surface area contributed by atoms with Crippen molar-refractivity contribution in [2.45, 2.75) is 32.0 Å². The van der Waals surface area contributed by atoms with Crippen molar-refractivity contribution < 1.29 is 9.53 Å². The second-order valence-corrected chi connectivity index (χ2v) is 4.47. The number of nitrogens with zero attached hydrogens (tertiary/aromatic N) is 2. The van der Waals surface area contributed by atoms with Crippen molar-refractivity contribution in [1.82, 2.24) is 9.80 Å². The molecule has 14 heavy (non-hydrogen) atoms. The van der Waals surface area contributed by atoms with Crippen LogP contribution in [0.25, 0.3) is 0 Å². The van der Waals surface area contributed by atoms with Gasteiger partial charge in [-0.25, -0.2) is 0 Å². The minimum Gasteiger partial charge on any atom is -0.365 e. The Kier molecular flexibility index (Phi) is 2.49. The van der Waals surface area contributed by atoms with Gasteiger partial charge in [-0.1, -0.05) is 0 Å². The third-order valence-electron chi connectivity index (χ3n) is 3.31. The predicted molar refractivity (Wildman–Crippen MR) is 53.0 cm³/mol. The first-order valence-electron chi connectivity index (χ1n) is 5.21. The van der Waals surface area contributed by atoms with Gasteiger partial charge >= 0.3 is 0 Å². The number of carbonyl (C=O) groups is 1. The maximum atomic E-state index is 11.4. The van der Waals surface area contributed by atoms with Gasteiger partial charge in [0, 0.05) is 26.2 Å². The fourth-order valence-electron chi connectivity index (χ4n) is 2.21. The summed E-state index contributed by atoms with van der Waals surface area (Å²) in [5.74, 6) is 0.108. The number of fused-ring (bicyclic) bond motifs is 1. The van der Waals surface area contributed by atoms with Crippen LogP contribution in [0.4, 0.5) is 0 Å². The monoisotopic (exact) mass is 198 g/mol. The van der Waals surface area contributed by atoms with Crippen molar-refractivity contribution in [3.8, 4) is 0 Å². The number of likely N-dealkylation sites (tertiary alicyclic amines) is 1. The molecule has 4 nitrogen and oxygen atoms in total. The van der Waals surface area contributed by atoms with E-state index in [0.717, 1.165) is 13.1 Å². The van der Waals surface area contributed by atoms with Gasteiger partial charge in [-0.05, 0) is 13.8 Å². The molecule has 2 aliphatic heterocycles. The van der Waals surface area contributed by atoms with Gasteiger partial charge < -0.3 is 9.64 Å². The van der Waals surface area contributed by atoms with Crippen LogP contribution in [0.2, 0.25) is 0 Å². The van der Waals surface area contributed by atoms with Gasteiger partial charge in [0.05, 0.1) is 12.1 Å². The highest BCUT2D eigenvalue weighted by Crippen LogP contribution is 2.23. The lowest BCUT2D eigenvalue weighted by molar-refractivity contribution is -0.150. The summed E-state index contributed by atoms with van der Waals surface area (Å²) < 4.78 is 5.53. The van der Waals surface area contributed by atoms with E-state index in [2.05, 4.69) is 18.7 Å². The second-order valence-electron chi connectivity index (χ2n) is 4.47. The van der Waals surface area contributed by atoms with E-state index in [9.17, 15) is 4.79 Å². The summed E-state index contributed by atoms with van der Waals surface area (Å²) in [6.45, 7) is 6.52. The average Bonchev–Trinajstić information content (AvgIpc) is 2.56. The Bertz CT molecular complexity index is 242. The lowest BCUT2D eigenvalue weighted by atomic mass is 10.1. The van der Waals surface area contributed by atoms with Crippen LogP contribution in [0.5, 0.6) is 0 Å². The molecule has 2 atom stereocenters. The molecule has 0 radical (unpaired) electrons. The third kappa shape index (κ3) is 1.53. The zero-order chi connectivity index (χ0) is 10.3. The summed E-state index contributed by atoms with van der Waals surface area (Å²) >= 11 is 0. The number of carbonyl (C=O) groups excluding carboxylic acids is 1. The van der Waals surface area contributed by atoms with Gasteiger partial charge in [-0.3, -0.25) is 9.69 Å². The molecule has 2 fully saturated rings. The summed E-state index contributed by atoms with van der Waals surface area (Å²) in [6, 6.07) is 0.798. The molecule has 80 valence electrons. The van der Waals surface area contributed by atoms with Gasteiger partial charge in [0.1, 0.15) is 6.61 Å². The summed E-state index contributed by atoms with van der Waals surface area (Å²) in [4.78, 5) is 15.6. The zero-order valence-electron chi connectivity index (χ0n) is 9.06. The molecule has 1 amide bonds. The smallest absolute Gasteiger partial charge is 0.248 e. The molecular weight excluding hydrogens is 180 g/mol. The molecule has 4 heteroatoms. The molecular formula is C10H18N2O2. The van der Waals surface area contributed by atoms with Gasteiger partial charge in [-0.2, -0.15) is 0 Å². The van der Waals surface area contributed by atoms with Crippen molar-refractivity contribution >= 4 is 5.91 Å². The Labute approximate surface area is 84.8 Å². The Hall–Kier alpha value is -0.610. The van der Waals surface area contributed by atoms with E-state index in [0.29, 0.717) is 6.04 Å². The quantitative estimate of drug-likeness (QED) is 0.591. The van der Waals surface area contributed by atoms with Crippen LogP contribution in [-0.4, -0.2) is 60.6 Å². The first kappa shape index (κ1) is 9.93. The molecule has 0 aliphatic carbocycles. The zero-order valence-corrected chi connectivity index (χ0v) is 9.06. The Morgan fingerprint density at radius 2 is 2.14 bits per heavy atom. The number of hydrogen-bond acceptors (Lipinski definition) is 3. The standard InChI is InChI=1S/C10H18N2O2/c1-7(2)12-4-8-9(5-12)14-6-10(13)11(8)3/h7-9H,4-6H2,1-3H3/t8-,9+/m1/s1. The van der Waals surface area contributed by atoms with E-state index in [4.69, 9.17) is 4.74 Å². The Morgan fingerprint density at radius 1 is 1.43 bits per heavy atom. The molecule has 0 aromatic heterocycles. The van der Waals surface area contributed by atoms with Crippen LogP contribution in [0.15, 0.2) is 0 Å². The number of hydrogen-bond donors (Lipinski definition) is 0. The molecule has 2 heterocycles. The maximum absolute atomic E-state index is 11.4. The molecule has 0 spiro atoms. The van der Waals surface area contributed by atoms with E-state index in [1.807, 2.05) is 11.9 Å². The average molecular weight is 198 g/mol. The topological polar surface area (TPSA) is 32.8 Å². The van der Waals surface area contributed by atoms with E-state index in [1.165, 1.54) is 0 Å². The fourth-order valence-corrected chi connectivity index (χ4v) is 2.21. The maximum Gasteiger partial charge on any atom is 0.248 e. The molecule has 2 saturated heterocycles. The second kappa shape index (κ2) is 3.51. The summed E-state index contributed by atoms with van der Waals surface area (Å²) in [5, 5.41) is 0. The lowest BCUT2D eigenvalue weighted by Gasteiger charge is -2.33. The molecule has 2 rings (SSSR count). The number of ether oxygens (including phenoxy) is 1. The predicted octanol–water partition coefficient (Wildman–Crippen LogP) is -0.0638. The highest BCUT2D eigenvalue weighted by atomic mass is 16.5. The molecule has 0 saturated carbocycles. The van der Waals surface area contributed by atoms with E-state index >= 15 is 0 Å². The SMILES string of the molecule is CC(C)N1C[C@@H]2OCC(=O)N(C)[C@@H]2C1. The molecule has 0 bridgehead atoms. The minimum atomic E-state index is 0.108. The van der Waals surface area contributed by atoms with Crippen molar-refractivity contribution in [3.05, 3.63) is 0 Å². The van der Waals surface area contributed by atoms with Crippen molar-refractivity contribution in [2.24, 2.45) is 0 Å². The van der Waals surface area contributed by atoms with Crippen LogP contribution < -0.4 is 0 Å². The molecule has 0 aromatic rings. The first-order chi connectivity index (χ1) is 6.59. The molecule has 0 N–H and O–H groups in total. The van der Waals surface area contributed by atoms with Gasteiger partial charge in [0.2, 0.25) is 5.91 Å². The van der Waals surface area contributed by atoms with Crippen LogP contribution in [0.3, 0.4) is 0 Å². The normalized spacial score (nSPS) is 34.0. The van der Waals surface area contributed by atoms with Crippen LogP contribution >= 0.6 is 0 Å². The molecule has 0 unspecified atom stereocenters. The van der Waals surface area contributed by atoms with Crippen LogP contribution in [0, 0.1) is 0 Å². The summed E-state index contributed by atoms with van der Waals surface area (Å²) in [7, 11) is 1.88. The highest BCUT2D eigenvalue weighted by Gasteiger charge is 2.41. The van der Waals surface area contributed by atoms with Gasteiger partial charge in [-0.15, -0.1) is 0 Å². The number of likely N-dealkylation sites (N-methyl/N-ethyl adjacent to an activating group) is 1. The number of amides is 1. The van der Waals surface area contributed by atoms with Crippen LogP contribution in [-0.2, 0) is 9.53 Å². The van der Waals surface area contributed by atoms with E-state index < -0.39 is 0 Å². The summed E-state index contributed by atoms with van der Waals surface area (Å²) in [5.41, 5.74) is 0. The van der Waals surface area contributed by atoms with E-state index in [1.54, 1.807) is 0 Å². The Balaban J connectivity index is 2.06. The largest absolute Gasteiger partial charge is 0.365 e. The highest BCUT2D eigenvalue weighted by molar-refractivity contribution is 5.78. The number of morpholine rings is 1. The van der Waals surface area contributed by atoms with Gasteiger partial charge in [0.15, 0.2) is 0 Å². The number of rotatable bonds is 1. The van der Waals surface area contributed by atoms with E-state index in [-0.39, 0.29) is 24.7 Å². The van der Waals surface area contributed by atoms with Crippen molar-refractivity contribution in [3.63, 3.8) is 0 Å². The lowest BCUT2D eigenvalue weighted by Crippen LogP contribution is -2.51. The first-order valence-corrected chi connectivity index (χ1v) is 5.21. The molecule has 0 aromatic carbocycles.